The van der Waals surface area contributed by atoms with E-state index >= 15 is 0 Å². The summed E-state index contributed by atoms with van der Waals surface area (Å²) in [7, 11) is 3.73. The highest BCUT2D eigenvalue weighted by Gasteiger charge is 2.12. The molecule has 1 unspecified atom stereocenters. The molecule has 0 heterocycles. The van der Waals surface area contributed by atoms with Crippen LogP contribution in [0.2, 0.25) is 0 Å². The summed E-state index contributed by atoms with van der Waals surface area (Å²) in [4.78, 5) is 0. The Bertz CT molecular complexity index is 556. The number of methoxy groups -OCH3 is 1. The summed E-state index contributed by atoms with van der Waals surface area (Å²) in [6.45, 7) is 0. The smallest absolute Gasteiger partial charge is 0.122 e. The van der Waals surface area contributed by atoms with Crippen molar-refractivity contribution in [3.05, 3.63) is 64.1 Å². The molecule has 0 amide bonds. The summed E-state index contributed by atoms with van der Waals surface area (Å²) in [5.41, 5.74) is 2.56. The van der Waals surface area contributed by atoms with Crippen molar-refractivity contribution < 1.29 is 4.74 Å². The van der Waals surface area contributed by atoms with Crippen LogP contribution in [0.15, 0.2) is 53.0 Å². The van der Waals surface area contributed by atoms with Crippen LogP contribution in [-0.2, 0) is 12.8 Å². The highest BCUT2D eigenvalue weighted by molar-refractivity contribution is 9.10. The Morgan fingerprint density at radius 2 is 1.60 bits per heavy atom. The quantitative estimate of drug-likeness (QED) is 0.867. The maximum atomic E-state index is 5.43. The number of benzene rings is 2. The number of hydrogen-bond acceptors (Lipinski definition) is 2. The Balaban J connectivity index is 2.11. The predicted octanol–water partition coefficient (Wildman–Crippen LogP) is 3.83. The molecule has 106 valence electrons. The third-order valence-corrected chi connectivity index (χ3v) is 4.26. The third kappa shape index (κ3) is 3.84. The number of rotatable bonds is 6. The van der Waals surface area contributed by atoms with E-state index in [4.69, 9.17) is 4.74 Å². The van der Waals surface area contributed by atoms with Crippen molar-refractivity contribution in [2.24, 2.45) is 0 Å². The first-order valence-electron chi connectivity index (χ1n) is 6.77. The summed E-state index contributed by atoms with van der Waals surface area (Å²) >= 11 is 3.62. The molecule has 0 saturated carbocycles. The van der Waals surface area contributed by atoms with Crippen molar-refractivity contribution >= 4 is 15.9 Å². The van der Waals surface area contributed by atoms with E-state index in [0.717, 1.165) is 18.6 Å². The van der Waals surface area contributed by atoms with E-state index in [0.29, 0.717) is 6.04 Å². The van der Waals surface area contributed by atoms with E-state index in [9.17, 15) is 0 Å². The number of hydrogen-bond donors (Lipinski definition) is 1. The summed E-state index contributed by atoms with van der Waals surface area (Å²) in [5, 5.41) is 3.40. The largest absolute Gasteiger partial charge is 0.496 e. The molecule has 2 rings (SSSR count). The number of para-hydroxylation sites is 1. The Morgan fingerprint density at radius 1 is 1.00 bits per heavy atom. The number of ether oxygens (including phenoxy) is 1. The van der Waals surface area contributed by atoms with Crippen LogP contribution in [0.4, 0.5) is 0 Å². The molecule has 0 spiro atoms. The highest BCUT2D eigenvalue weighted by Crippen LogP contribution is 2.22. The number of nitrogens with one attached hydrogen (secondary N) is 1. The first kappa shape index (κ1) is 15.1. The lowest BCUT2D eigenvalue weighted by molar-refractivity contribution is 0.406. The molecular weight excluding hydrogens is 314 g/mol. The second kappa shape index (κ2) is 7.46. The van der Waals surface area contributed by atoms with E-state index in [1.54, 1.807) is 7.11 Å². The van der Waals surface area contributed by atoms with Crippen LogP contribution < -0.4 is 10.1 Å². The van der Waals surface area contributed by atoms with Gasteiger partial charge in [0.15, 0.2) is 0 Å². The van der Waals surface area contributed by atoms with Gasteiger partial charge in [0.05, 0.1) is 7.11 Å². The van der Waals surface area contributed by atoms with Crippen molar-refractivity contribution in [2.75, 3.05) is 14.2 Å². The Hall–Kier alpha value is -1.32. The minimum Gasteiger partial charge on any atom is -0.496 e. The maximum absolute atomic E-state index is 5.43. The van der Waals surface area contributed by atoms with Crippen LogP contribution in [-0.4, -0.2) is 20.2 Å². The molecule has 20 heavy (non-hydrogen) atoms. The molecule has 0 aliphatic heterocycles. The van der Waals surface area contributed by atoms with E-state index in [1.165, 1.54) is 15.6 Å². The average molecular weight is 334 g/mol. The summed E-state index contributed by atoms with van der Waals surface area (Å²) in [6, 6.07) is 17.0. The first-order chi connectivity index (χ1) is 9.74. The molecule has 2 aromatic rings. The molecular formula is C17H20BrNO. The summed E-state index contributed by atoms with van der Waals surface area (Å²) < 4.78 is 6.59. The van der Waals surface area contributed by atoms with Crippen molar-refractivity contribution in [3.63, 3.8) is 0 Å². The van der Waals surface area contributed by atoms with Crippen LogP contribution in [0.3, 0.4) is 0 Å². The molecule has 0 bridgehead atoms. The van der Waals surface area contributed by atoms with Crippen molar-refractivity contribution in [1.82, 2.24) is 5.32 Å². The van der Waals surface area contributed by atoms with Gasteiger partial charge in [-0.15, -0.1) is 0 Å². The fourth-order valence-corrected chi connectivity index (χ4v) is 2.79. The molecule has 1 N–H and O–H groups in total. The van der Waals surface area contributed by atoms with Crippen LogP contribution in [0.5, 0.6) is 5.75 Å². The van der Waals surface area contributed by atoms with Gasteiger partial charge in [-0.3, -0.25) is 0 Å². The van der Waals surface area contributed by atoms with Gasteiger partial charge in [0.25, 0.3) is 0 Å². The van der Waals surface area contributed by atoms with Gasteiger partial charge in [0, 0.05) is 10.5 Å². The zero-order valence-electron chi connectivity index (χ0n) is 11.9. The van der Waals surface area contributed by atoms with E-state index in [1.807, 2.05) is 25.2 Å². The molecule has 2 nitrogen and oxygen atoms in total. The minimum absolute atomic E-state index is 0.380. The van der Waals surface area contributed by atoms with Gasteiger partial charge < -0.3 is 10.1 Å². The van der Waals surface area contributed by atoms with Crippen LogP contribution >= 0.6 is 15.9 Å². The molecule has 0 aromatic heterocycles. The maximum Gasteiger partial charge on any atom is 0.122 e. The van der Waals surface area contributed by atoms with Crippen LogP contribution in [0.25, 0.3) is 0 Å². The fraction of sp³-hybridized carbons (Fsp3) is 0.294. The van der Waals surface area contributed by atoms with E-state index < -0.39 is 0 Å². The van der Waals surface area contributed by atoms with Crippen LogP contribution in [0, 0.1) is 0 Å². The molecule has 2 aromatic carbocycles. The second-order valence-electron chi connectivity index (χ2n) is 4.80. The first-order valence-corrected chi connectivity index (χ1v) is 7.56. The lowest BCUT2D eigenvalue weighted by atomic mass is 9.98. The standard InChI is InChI=1S/C17H20BrNO/c1-19-15(11-13-7-3-5-9-16(13)18)12-14-8-4-6-10-17(14)20-2/h3-10,15,19H,11-12H2,1-2H3. The van der Waals surface area contributed by atoms with Gasteiger partial charge >= 0.3 is 0 Å². The zero-order valence-corrected chi connectivity index (χ0v) is 13.5. The lowest BCUT2D eigenvalue weighted by Gasteiger charge is -2.18. The number of likely N-dealkylation sites (N-methyl/N-ethyl adjacent to an activating group) is 1. The molecule has 3 heteroatoms. The van der Waals surface area contributed by atoms with Crippen LogP contribution in [0.1, 0.15) is 11.1 Å². The van der Waals surface area contributed by atoms with Crippen molar-refractivity contribution in [2.45, 2.75) is 18.9 Å². The third-order valence-electron chi connectivity index (χ3n) is 3.49. The van der Waals surface area contributed by atoms with Gasteiger partial charge in [-0.1, -0.05) is 52.3 Å². The molecule has 0 fully saturated rings. The average Bonchev–Trinajstić information content (AvgIpc) is 2.49. The van der Waals surface area contributed by atoms with Gasteiger partial charge in [-0.2, -0.15) is 0 Å². The Labute approximate surface area is 129 Å². The topological polar surface area (TPSA) is 21.3 Å². The van der Waals surface area contributed by atoms with Gasteiger partial charge in [0.2, 0.25) is 0 Å². The van der Waals surface area contributed by atoms with Gasteiger partial charge in [-0.25, -0.2) is 0 Å². The minimum atomic E-state index is 0.380. The number of halogens is 1. The van der Waals surface area contributed by atoms with Gasteiger partial charge in [-0.05, 0) is 43.1 Å². The fourth-order valence-electron chi connectivity index (χ4n) is 2.34. The lowest BCUT2D eigenvalue weighted by Crippen LogP contribution is -2.30. The SMILES string of the molecule is CNC(Cc1ccccc1Br)Cc1ccccc1OC. The summed E-state index contributed by atoms with van der Waals surface area (Å²) in [6.07, 6.45) is 1.93. The normalized spacial score (nSPS) is 12.2. The van der Waals surface area contributed by atoms with E-state index in [2.05, 4.69) is 51.6 Å². The van der Waals surface area contributed by atoms with Gasteiger partial charge in [0.1, 0.15) is 5.75 Å². The predicted molar refractivity (Wildman–Crippen MR) is 87.4 cm³/mol. The monoisotopic (exact) mass is 333 g/mol. The molecule has 0 saturated heterocycles. The Morgan fingerprint density at radius 3 is 2.25 bits per heavy atom. The van der Waals surface area contributed by atoms with Crippen molar-refractivity contribution in [3.8, 4) is 5.75 Å². The van der Waals surface area contributed by atoms with Crippen molar-refractivity contribution in [1.29, 1.82) is 0 Å². The van der Waals surface area contributed by atoms with E-state index in [-0.39, 0.29) is 0 Å². The second-order valence-corrected chi connectivity index (χ2v) is 5.65. The molecule has 0 aliphatic rings. The summed E-state index contributed by atoms with van der Waals surface area (Å²) in [5.74, 6) is 0.958. The zero-order chi connectivity index (χ0) is 14.4. The molecule has 0 radical (unpaired) electrons. The Kier molecular flexibility index (Phi) is 5.62. The highest BCUT2D eigenvalue weighted by atomic mass is 79.9. The molecule has 0 aliphatic carbocycles. The molecule has 1 atom stereocenters.